The monoisotopic (exact) mass is 440 g/mol. The molecule has 3 heterocycles. The molecule has 0 aromatic rings. The van der Waals surface area contributed by atoms with Crippen molar-refractivity contribution in [1.29, 1.82) is 5.26 Å². The predicted octanol–water partition coefficient (Wildman–Crippen LogP) is -4.01. The van der Waals surface area contributed by atoms with Gasteiger partial charge in [-0.15, -0.1) is 0 Å². The van der Waals surface area contributed by atoms with Gasteiger partial charge in [0.05, 0.1) is 0 Å². The van der Waals surface area contributed by atoms with Crippen molar-refractivity contribution in [2.24, 2.45) is 5.92 Å². The van der Waals surface area contributed by atoms with Gasteiger partial charge < -0.3 is 46.2 Å². The van der Waals surface area contributed by atoms with E-state index in [-0.39, 0.29) is 17.1 Å². The fraction of sp³-hybridized carbons (Fsp3) is 0.588. The van der Waals surface area contributed by atoms with Crippen molar-refractivity contribution in [2.45, 2.75) is 49.6 Å². The molecule has 0 aromatic heterocycles. The highest BCUT2D eigenvalue weighted by Crippen LogP contribution is 2.43. The van der Waals surface area contributed by atoms with E-state index < -0.39 is 54.1 Å². The number of likely N-dealkylation sites (N-methyl/N-ethyl adjacent to an activating group) is 1. The molecule has 0 radical (unpaired) electrons. The summed E-state index contributed by atoms with van der Waals surface area (Å²) in [6.45, 7) is 1.63. The third kappa shape index (κ3) is 3.57. The smallest absolute Gasteiger partial charge is 0.336 e. The SMILES string of the molecule is CCC1CC(O)(O)N(C(=O)C(O)(O)C#N)C(O)(O)C1N(C)C1=C2C=CNC2NC(=O)N1. The maximum Gasteiger partial charge on any atom is 0.336 e. The van der Waals surface area contributed by atoms with Gasteiger partial charge in [-0.05, 0) is 18.2 Å². The minimum atomic E-state index is -3.76. The molecule has 0 saturated carbocycles. The lowest BCUT2D eigenvalue weighted by Crippen LogP contribution is -2.78. The molecule has 1 fully saturated rings. The van der Waals surface area contributed by atoms with Gasteiger partial charge in [-0.3, -0.25) is 10.1 Å². The zero-order valence-corrected chi connectivity index (χ0v) is 16.6. The number of nitrogens with zero attached hydrogens (tertiary/aromatic N) is 3. The Morgan fingerprint density at radius 1 is 1.39 bits per heavy atom. The molecule has 3 aliphatic heterocycles. The van der Waals surface area contributed by atoms with Crippen molar-refractivity contribution in [3.8, 4) is 6.07 Å². The van der Waals surface area contributed by atoms with Crippen LogP contribution in [0, 0.1) is 17.2 Å². The number of likely N-dealkylation sites (tertiary alicyclic amines) is 1. The van der Waals surface area contributed by atoms with E-state index in [9.17, 15) is 40.2 Å². The van der Waals surface area contributed by atoms with Gasteiger partial charge in [0.25, 0.3) is 11.8 Å². The minimum Gasteiger partial charge on any atom is -0.367 e. The second-order valence-corrected chi connectivity index (χ2v) is 7.65. The molecule has 0 spiro atoms. The largest absolute Gasteiger partial charge is 0.367 e. The van der Waals surface area contributed by atoms with Crippen LogP contribution in [0.2, 0.25) is 0 Å². The van der Waals surface area contributed by atoms with E-state index >= 15 is 0 Å². The number of nitriles is 1. The first kappa shape index (κ1) is 22.7. The summed E-state index contributed by atoms with van der Waals surface area (Å²) in [7, 11) is 1.38. The summed E-state index contributed by atoms with van der Waals surface area (Å²) in [5.41, 5.74) is 0.520. The van der Waals surface area contributed by atoms with Crippen molar-refractivity contribution in [1.82, 2.24) is 25.8 Å². The lowest BCUT2D eigenvalue weighted by Gasteiger charge is -2.56. The Balaban J connectivity index is 2.10. The number of amides is 3. The van der Waals surface area contributed by atoms with Crippen LogP contribution in [-0.2, 0) is 4.79 Å². The van der Waals surface area contributed by atoms with Crippen LogP contribution < -0.4 is 16.0 Å². The van der Waals surface area contributed by atoms with Crippen LogP contribution in [0.4, 0.5) is 4.79 Å². The average molecular weight is 440 g/mol. The second kappa shape index (κ2) is 7.34. The topological polar surface area (TPSA) is 222 Å². The van der Waals surface area contributed by atoms with Crippen LogP contribution in [0.25, 0.3) is 0 Å². The molecule has 0 aliphatic carbocycles. The zero-order valence-electron chi connectivity index (χ0n) is 16.6. The fourth-order valence-corrected chi connectivity index (χ4v) is 4.26. The first-order valence-electron chi connectivity index (χ1n) is 9.35. The standard InChI is InChI=1S/C17H24N6O8/c1-3-8-6-16(28,29)23(13(24)15(26,27)7-18)17(30,31)10(8)22(2)12-9-4-5-19-11(9)20-14(25)21-12/h4-5,8,10-11,19,26-31H,3,6H2,1-2H3,(H2,20,21,25). The van der Waals surface area contributed by atoms with Gasteiger partial charge >= 0.3 is 17.7 Å². The molecule has 1 saturated heterocycles. The van der Waals surface area contributed by atoms with Crippen molar-refractivity contribution in [3.05, 3.63) is 23.7 Å². The quantitative estimate of drug-likeness (QED) is 0.151. The van der Waals surface area contributed by atoms with Crippen molar-refractivity contribution in [2.75, 3.05) is 7.05 Å². The predicted molar refractivity (Wildman–Crippen MR) is 98.7 cm³/mol. The van der Waals surface area contributed by atoms with Gasteiger partial charge in [-0.25, -0.2) is 9.69 Å². The second-order valence-electron chi connectivity index (χ2n) is 7.65. The van der Waals surface area contributed by atoms with Crippen molar-refractivity contribution < 1.29 is 40.2 Å². The van der Waals surface area contributed by atoms with Crippen LogP contribution in [0.1, 0.15) is 19.8 Å². The number of fused-ring (bicyclic) bond motifs is 1. The van der Waals surface area contributed by atoms with E-state index in [0.29, 0.717) is 5.57 Å². The molecule has 9 N–H and O–H groups in total. The highest BCUT2D eigenvalue weighted by Gasteiger charge is 2.64. The Kier molecular flexibility index (Phi) is 5.39. The highest BCUT2D eigenvalue weighted by molar-refractivity contribution is 5.87. The summed E-state index contributed by atoms with van der Waals surface area (Å²) in [5, 5.41) is 78.7. The van der Waals surface area contributed by atoms with Gasteiger partial charge in [0.1, 0.15) is 24.1 Å². The summed E-state index contributed by atoms with van der Waals surface area (Å²) in [6.07, 6.45) is 2.13. The van der Waals surface area contributed by atoms with Crippen LogP contribution in [-0.4, -0.2) is 89.2 Å². The molecular formula is C17H24N6O8. The molecule has 14 heteroatoms. The highest BCUT2D eigenvalue weighted by atomic mass is 16.6. The van der Waals surface area contributed by atoms with Gasteiger partial charge in [0, 0.05) is 19.0 Å². The Morgan fingerprint density at radius 2 is 2.03 bits per heavy atom. The van der Waals surface area contributed by atoms with E-state index in [1.165, 1.54) is 11.9 Å². The number of hydrogen-bond donors (Lipinski definition) is 9. The van der Waals surface area contributed by atoms with E-state index in [4.69, 9.17) is 5.26 Å². The Morgan fingerprint density at radius 3 is 2.61 bits per heavy atom. The Labute approximate surface area is 176 Å². The van der Waals surface area contributed by atoms with Crippen LogP contribution in [0.5, 0.6) is 0 Å². The lowest BCUT2D eigenvalue weighted by molar-refractivity contribution is -0.417. The first-order chi connectivity index (χ1) is 14.3. The summed E-state index contributed by atoms with van der Waals surface area (Å²) in [6, 6.07) is -1.23. The summed E-state index contributed by atoms with van der Waals surface area (Å²) < 4.78 is 0. The summed E-state index contributed by atoms with van der Waals surface area (Å²) >= 11 is 0. The number of piperidine rings is 1. The molecule has 3 atom stereocenters. The number of hydrogen-bond acceptors (Lipinski definition) is 11. The van der Waals surface area contributed by atoms with Crippen molar-refractivity contribution >= 4 is 11.9 Å². The van der Waals surface area contributed by atoms with Crippen molar-refractivity contribution in [3.63, 3.8) is 0 Å². The number of carbonyl (C=O) groups excluding carboxylic acids is 2. The first-order valence-corrected chi connectivity index (χ1v) is 9.35. The fourth-order valence-electron chi connectivity index (χ4n) is 4.26. The third-order valence-electron chi connectivity index (χ3n) is 5.64. The maximum atomic E-state index is 12.5. The molecule has 170 valence electrons. The van der Waals surface area contributed by atoms with Gasteiger partial charge in [0.15, 0.2) is 0 Å². The Hall–Kier alpha value is -2.93. The molecule has 31 heavy (non-hydrogen) atoms. The number of nitrogens with one attached hydrogen (secondary N) is 3. The van der Waals surface area contributed by atoms with Gasteiger partial charge in [0.2, 0.25) is 0 Å². The number of rotatable bonds is 4. The molecule has 3 amide bonds. The number of aliphatic hydroxyl groups is 6. The normalized spacial score (nSPS) is 28.8. The number of urea groups is 1. The van der Waals surface area contributed by atoms with Crippen LogP contribution >= 0.6 is 0 Å². The lowest BCUT2D eigenvalue weighted by atomic mass is 9.82. The molecule has 0 aromatic carbocycles. The van der Waals surface area contributed by atoms with Crippen LogP contribution in [0.15, 0.2) is 23.7 Å². The molecule has 3 unspecified atom stereocenters. The maximum absolute atomic E-state index is 12.5. The minimum absolute atomic E-state index is 0.140. The third-order valence-corrected chi connectivity index (χ3v) is 5.64. The summed E-state index contributed by atoms with van der Waals surface area (Å²) in [4.78, 5) is 25.4. The van der Waals surface area contributed by atoms with Crippen LogP contribution in [0.3, 0.4) is 0 Å². The van der Waals surface area contributed by atoms with E-state index in [0.717, 1.165) is 6.07 Å². The molecule has 14 nitrogen and oxygen atoms in total. The van der Waals surface area contributed by atoms with E-state index in [1.54, 1.807) is 19.2 Å². The van der Waals surface area contributed by atoms with E-state index in [1.807, 2.05) is 0 Å². The van der Waals surface area contributed by atoms with Gasteiger partial charge in [-0.2, -0.15) is 5.26 Å². The molecule has 0 bridgehead atoms. The summed E-state index contributed by atoms with van der Waals surface area (Å²) in [5.74, 6) is -13.2. The average Bonchev–Trinajstić information content (AvgIpc) is 3.13. The molecular weight excluding hydrogens is 416 g/mol. The number of carbonyl (C=O) groups is 2. The Bertz CT molecular complexity index is 892. The zero-order chi connectivity index (χ0) is 23.4. The van der Waals surface area contributed by atoms with Gasteiger partial charge in [-0.1, -0.05) is 13.3 Å². The molecule has 3 rings (SSSR count). The molecule has 3 aliphatic rings. The van der Waals surface area contributed by atoms with E-state index in [2.05, 4.69) is 16.0 Å².